The Labute approximate surface area is 257 Å². The van der Waals surface area contributed by atoms with Crippen molar-refractivity contribution in [3.05, 3.63) is 130 Å². The average molecular weight is 592 g/mol. The van der Waals surface area contributed by atoms with Crippen molar-refractivity contribution in [1.29, 1.82) is 0 Å². The van der Waals surface area contributed by atoms with E-state index < -0.39 is 35.9 Å². The summed E-state index contributed by atoms with van der Waals surface area (Å²) in [6.07, 6.45) is 3.76. The van der Waals surface area contributed by atoms with Gasteiger partial charge in [0.2, 0.25) is 5.91 Å². The van der Waals surface area contributed by atoms with E-state index >= 15 is 0 Å². The van der Waals surface area contributed by atoms with Gasteiger partial charge in [-0.3, -0.25) is 9.59 Å². The topological polar surface area (TPSA) is 92.5 Å². The molecule has 0 saturated carbocycles. The summed E-state index contributed by atoms with van der Waals surface area (Å²) in [5.41, 5.74) is 10.5. The van der Waals surface area contributed by atoms with E-state index in [2.05, 4.69) is 26.1 Å². The number of nitrogens with one attached hydrogen (secondary N) is 1. The third-order valence-electron chi connectivity index (χ3n) is 8.03. The number of ketones is 1. The Bertz CT molecular complexity index is 1620. The molecule has 2 heterocycles. The standard InChI is InChI=1S/C36H37N3O3S/c1-23-10-8-13-27(22-23)38-35(42)39-28(20-15-24-11-6-5-7-12-24)31(33(40)29-14-9-21-43-29)30(32(39)34(37)41)25-16-18-26(19-17-25)36(2,3)4/h5-22,28,30-32H,1-4H3,(H2,37,41)(H,38,42). The third-order valence-corrected chi connectivity index (χ3v) is 8.91. The predicted molar refractivity (Wildman–Crippen MR) is 174 cm³/mol. The first-order valence-corrected chi connectivity index (χ1v) is 15.3. The molecule has 220 valence electrons. The minimum atomic E-state index is -1.07. The van der Waals surface area contributed by atoms with E-state index in [1.807, 2.05) is 103 Å². The second-order valence-electron chi connectivity index (χ2n) is 12.1. The number of carbonyl (C=O) groups is 3. The summed E-state index contributed by atoms with van der Waals surface area (Å²) in [4.78, 5) is 43.9. The van der Waals surface area contributed by atoms with Crippen molar-refractivity contribution < 1.29 is 14.4 Å². The Morgan fingerprint density at radius 3 is 2.23 bits per heavy atom. The molecule has 6 nitrogen and oxygen atoms in total. The van der Waals surface area contributed by atoms with Crippen LogP contribution in [0, 0.1) is 12.8 Å². The number of thiophene rings is 1. The van der Waals surface area contributed by atoms with Gasteiger partial charge in [-0.2, -0.15) is 0 Å². The molecule has 3 aromatic carbocycles. The molecular weight excluding hydrogens is 554 g/mol. The van der Waals surface area contributed by atoms with Crippen molar-refractivity contribution in [2.24, 2.45) is 11.7 Å². The van der Waals surface area contributed by atoms with Crippen LogP contribution in [0.15, 0.2) is 102 Å². The maximum atomic E-state index is 14.3. The number of benzene rings is 3. The summed E-state index contributed by atoms with van der Waals surface area (Å²) in [7, 11) is 0. The van der Waals surface area contributed by atoms with Gasteiger partial charge < -0.3 is 16.0 Å². The van der Waals surface area contributed by atoms with Crippen molar-refractivity contribution in [2.75, 3.05) is 5.32 Å². The Morgan fingerprint density at radius 2 is 1.63 bits per heavy atom. The number of urea groups is 1. The molecule has 0 aliphatic carbocycles. The number of primary amides is 1. The first-order chi connectivity index (χ1) is 20.5. The maximum absolute atomic E-state index is 14.3. The average Bonchev–Trinajstić information content (AvgIpc) is 3.63. The summed E-state index contributed by atoms with van der Waals surface area (Å²) in [6, 6.07) is 26.5. The number of hydrogen-bond donors (Lipinski definition) is 2. The SMILES string of the molecule is Cc1cccc(NC(=O)N2C(C=Cc3ccccc3)C(C(=O)c3cccs3)C(c3ccc(C(C)(C)C)cc3)C2C(N)=O)c1. The molecular formula is C36H37N3O3S. The normalized spacial score (nSPS) is 20.3. The number of likely N-dealkylation sites (tertiary alicyclic amines) is 1. The zero-order chi connectivity index (χ0) is 30.7. The van der Waals surface area contributed by atoms with Crippen molar-refractivity contribution >= 4 is 40.8 Å². The molecule has 1 aromatic heterocycles. The van der Waals surface area contributed by atoms with Gasteiger partial charge in [-0.1, -0.05) is 106 Å². The fourth-order valence-corrected chi connectivity index (χ4v) is 6.62. The van der Waals surface area contributed by atoms with Gasteiger partial charge in [-0.05, 0) is 58.2 Å². The molecule has 4 atom stereocenters. The van der Waals surface area contributed by atoms with Gasteiger partial charge >= 0.3 is 6.03 Å². The van der Waals surface area contributed by atoms with Crippen LogP contribution in [0.1, 0.15) is 58.6 Å². The van der Waals surface area contributed by atoms with E-state index in [0.29, 0.717) is 10.6 Å². The molecule has 1 fully saturated rings. The number of rotatable bonds is 7. The number of amides is 3. The summed E-state index contributed by atoms with van der Waals surface area (Å²) in [6.45, 7) is 8.34. The van der Waals surface area contributed by atoms with E-state index in [-0.39, 0.29) is 11.2 Å². The molecule has 1 aliphatic heterocycles. The van der Waals surface area contributed by atoms with E-state index in [1.54, 1.807) is 12.1 Å². The molecule has 43 heavy (non-hydrogen) atoms. The molecule has 7 heteroatoms. The number of aryl methyl sites for hydroxylation is 1. The largest absolute Gasteiger partial charge is 0.368 e. The quantitative estimate of drug-likeness (QED) is 0.219. The number of nitrogens with zero attached hydrogens (tertiary/aromatic N) is 1. The van der Waals surface area contributed by atoms with Gasteiger partial charge in [0.05, 0.1) is 16.8 Å². The van der Waals surface area contributed by atoms with Crippen LogP contribution in [0.5, 0.6) is 0 Å². The number of Topliss-reactive ketones (excluding diaryl/α,β-unsaturated/α-hetero) is 1. The van der Waals surface area contributed by atoms with Gasteiger partial charge in [0.1, 0.15) is 6.04 Å². The second-order valence-corrected chi connectivity index (χ2v) is 13.0. The van der Waals surface area contributed by atoms with Crippen LogP contribution in [0.4, 0.5) is 10.5 Å². The van der Waals surface area contributed by atoms with Crippen molar-refractivity contribution in [3.8, 4) is 0 Å². The predicted octanol–water partition coefficient (Wildman–Crippen LogP) is 7.42. The lowest BCUT2D eigenvalue weighted by Crippen LogP contribution is -2.50. The molecule has 4 unspecified atom stereocenters. The van der Waals surface area contributed by atoms with E-state index in [0.717, 1.165) is 22.3 Å². The molecule has 3 N–H and O–H groups in total. The zero-order valence-corrected chi connectivity index (χ0v) is 25.7. The fourth-order valence-electron chi connectivity index (χ4n) is 5.91. The van der Waals surface area contributed by atoms with E-state index in [9.17, 15) is 14.4 Å². The monoisotopic (exact) mass is 591 g/mol. The van der Waals surface area contributed by atoms with Gasteiger partial charge in [0, 0.05) is 11.6 Å². The molecule has 0 spiro atoms. The number of hydrogen-bond acceptors (Lipinski definition) is 4. The van der Waals surface area contributed by atoms with Crippen LogP contribution >= 0.6 is 11.3 Å². The first-order valence-electron chi connectivity index (χ1n) is 14.4. The van der Waals surface area contributed by atoms with Crippen LogP contribution in [-0.4, -0.2) is 34.7 Å². The third kappa shape index (κ3) is 6.47. The van der Waals surface area contributed by atoms with Crippen LogP contribution < -0.4 is 11.1 Å². The fraction of sp³-hybridized carbons (Fsp3) is 0.250. The lowest BCUT2D eigenvalue weighted by atomic mass is 9.77. The van der Waals surface area contributed by atoms with Gasteiger partial charge in [0.15, 0.2) is 5.78 Å². The van der Waals surface area contributed by atoms with Crippen LogP contribution in [-0.2, 0) is 10.2 Å². The van der Waals surface area contributed by atoms with Crippen molar-refractivity contribution in [3.63, 3.8) is 0 Å². The van der Waals surface area contributed by atoms with E-state index in [1.165, 1.54) is 16.2 Å². The highest BCUT2D eigenvalue weighted by Gasteiger charge is 2.56. The summed E-state index contributed by atoms with van der Waals surface area (Å²) < 4.78 is 0. The number of nitrogens with two attached hydrogens (primary N) is 1. The lowest BCUT2D eigenvalue weighted by molar-refractivity contribution is -0.122. The molecule has 0 bridgehead atoms. The highest BCUT2D eigenvalue weighted by Crippen LogP contribution is 2.46. The van der Waals surface area contributed by atoms with Gasteiger partial charge in [-0.15, -0.1) is 11.3 Å². The highest BCUT2D eigenvalue weighted by atomic mass is 32.1. The van der Waals surface area contributed by atoms with E-state index in [4.69, 9.17) is 5.73 Å². The Hall–Kier alpha value is -4.49. The van der Waals surface area contributed by atoms with Crippen LogP contribution in [0.25, 0.3) is 6.08 Å². The summed E-state index contributed by atoms with van der Waals surface area (Å²) in [5, 5.41) is 4.83. The van der Waals surface area contributed by atoms with Crippen LogP contribution in [0.2, 0.25) is 0 Å². The minimum Gasteiger partial charge on any atom is -0.368 e. The Kier molecular flexibility index (Phi) is 8.64. The van der Waals surface area contributed by atoms with Crippen molar-refractivity contribution in [1.82, 2.24) is 4.90 Å². The molecule has 0 radical (unpaired) electrons. The molecule has 1 aliphatic rings. The van der Waals surface area contributed by atoms with Crippen molar-refractivity contribution in [2.45, 2.75) is 51.1 Å². The summed E-state index contributed by atoms with van der Waals surface area (Å²) >= 11 is 1.35. The van der Waals surface area contributed by atoms with Gasteiger partial charge in [-0.25, -0.2) is 4.79 Å². The maximum Gasteiger partial charge on any atom is 0.323 e. The molecule has 3 amide bonds. The van der Waals surface area contributed by atoms with Crippen LogP contribution in [0.3, 0.4) is 0 Å². The Morgan fingerprint density at radius 1 is 0.907 bits per heavy atom. The first kappa shape index (κ1) is 30.0. The number of carbonyl (C=O) groups excluding carboxylic acids is 3. The lowest BCUT2D eigenvalue weighted by Gasteiger charge is -2.29. The minimum absolute atomic E-state index is 0.0792. The zero-order valence-electron chi connectivity index (χ0n) is 24.9. The molecule has 5 rings (SSSR count). The van der Waals surface area contributed by atoms with Gasteiger partial charge in [0.25, 0.3) is 0 Å². The second kappa shape index (κ2) is 12.4. The highest BCUT2D eigenvalue weighted by molar-refractivity contribution is 7.12. The molecule has 4 aromatic rings. The molecule has 1 saturated heterocycles. The number of anilines is 1. The smallest absolute Gasteiger partial charge is 0.323 e. The Balaban J connectivity index is 1.67. The summed E-state index contributed by atoms with van der Waals surface area (Å²) in [5.74, 6) is -2.20.